The minimum Gasteiger partial charge on any atom is -0.354 e. The molecule has 1 aromatic rings. The number of fused-ring (bicyclic) bond motifs is 1. The van der Waals surface area contributed by atoms with Crippen LogP contribution in [0.2, 0.25) is 0 Å². The number of aromatic nitrogens is 2. The predicted octanol–water partition coefficient (Wildman–Crippen LogP) is 1.35. The van der Waals surface area contributed by atoms with E-state index in [-0.39, 0.29) is 18.0 Å². The summed E-state index contributed by atoms with van der Waals surface area (Å²) in [6, 6.07) is 0.0530. The van der Waals surface area contributed by atoms with E-state index < -0.39 is 0 Å². The van der Waals surface area contributed by atoms with Crippen LogP contribution in [0.25, 0.3) is 0 Å². The molecule has 0 spiro atoms. The Labute approximate surface area is 155 Å². The molecule has 0 fully saturated rings. The first-order valence-electron chi connectivity index (χ1n) is 9.56. The summed E-state index contributed by atoms with van der Waals surface area (Å²) in [5, 5.41) is 12.7. The summed E-state index contributed by atoms with van der Waals surface area (Å²) in [6.07, 6.45) is 2.70. The van der Waals surface area contributed by atoms with Gasteiger partial charge in [0.2, 0.25) is 0 Å². The van der Waals surface area contributed by atoms with Gasteiger partial charge in [-0.3, -0.25) is 9.89 Å². The Morgan fingerprint density at radius 3 is 2.73 bits per heavy atom. The fourth-order valence-corrected chi connectivity index (χ4v) is 3.31. The summed E-state index contributed by atoms with van der Waals surface area (Å²) in [5.41, 5.74) is 2.15. The van der Waals surface area contributed by atoms with Crippen LogP contribution in [-0.4, -0.2) is 71.2 Å². The van der Waals surface area contributed by atoms with Crippen molar-refractivity contribution in [2.24, 2.45) is 0 Å². The zero-order valence-electron chi connectivity index (χ0n) is 16.4. The lowest BCUT2D eigenvalue weighted by molar-refractivity contribution is 0.0955. The molecule has 8 heteroatoms. The topological polar surface area (TPSA) is 93.4 Å². The number of rotatable bonds is 8. The third-order valence-corrected chi connectivity index (χ3v) is 5.04. The molecule has 1 aliphatic rings. The SMILES string of the molecule is CCN(CC)CCC[C@@H](C)NC(=O)N1CCc2[nH]nc(C(=O)NC)c2C1. The van der Waals surface area contributed by atoms with Crippen molar-refractivity contribution in [2.45, 2.75) is 52.6 Å². The van der Waals surface area contributed by atoms with E-state index >= 15 is 0 Å². The molecule has 3 N–H and O–H groups in total. The van der Waals surface area contributed by atoms with Gasteiger partial charge in [-0.25, -0.2) is 4.79 Å². The van der Waals surface area contributed by atoms with E-state index in [1.807, 2.05) is 6.92 Å². The van der Waals surface area contributed by atoms with E-state index in [1.165, 1.54) is 0 Å². The van der Waals surface area contributed by atoms with Crippen molar-refractivity contribution in [1.29, 1.82) is 0 Å². The summed E-state index contributed by atoms with van der Waals surface area (Å²) >= 11 is 0. The van der Waals surface area contributed by atoms with Gasteiger partial charge in [-0.2, -0.15) is 5.10 Å². The molecule has 3 amide bonds. The molecule has 0 saturated heterocycles. The van der Waals surface area contributed by atoms with Crippen molar-refractivity contribution < 1.29 is 9.59 Å². The number of nitrogens with one attached hydrogen (secondary N) is 3. The summed E-state index contributed by atoms with van der Waals surface area (Å²) < 4.78 is 0. The van der Waals surface area contributed by atoms with E-state index in [1.54, 1.807) is 11.9 Å². The maximum absolute atomic E-state index is 12.6. The van der Waals surface area contributed by atoms with E-state index in [9.17, 15) is 9.59 Å². The van der Waals surface area contributed by atoms with E-state index in [2.05, 4.69) is 39.6 Å². The van der Waals surface area contributed by atoms with Crippen LogP contribution in [0.3, 0.4) is 0 Å². The number of urea groups is 1. The molecule has 0 unspecified atom stereocenters. The minimum absolute atomic E-state index is 0.0740. The molecule has 1 aliphatic heterocycles. The van der Waals surface area contributed by atoms with Crippen LogP contribution < -0.4 is 10.6 Å². The molecule has 26 heavy (non-hydrogen) atoms. The van der Waals surface area contributed by atoms with Crippen molar-refractivity contribution >= 4 is 11.9 Å². The number of carbonyl (C=O) groups is 2. The smallest absolute Gasteiger partial charge is 0.317 e. The highest BCUT2D eigenvalue weighted by Gasteiger charge is 2.27. The third kappa shape index (κ3) is 4.97. The zero-order chi connectivity index (χ0) is 19.1. The summed E-state index contributed by atoms with van der Waals surface area (Å²) in [7, 11) is 1.58. The van der Waals surface area contributed by atoms with Crippen LogP contribution in [0.1, 0.15) is 55.4 Å². The lowest BCUT2D eigenvalue weighted by Gasteiger charge is -2.29. The standard InChI is InChI=1S/C18H32N6O2/c1-5-23(6-2)10-7-8-13(3)20-18(26)24-11-9-15-14(12-24)16(22-21-15)17(25)19-4/h13H,5-12H2,1-4H3,(H,19,25)(H,20,26)(H,21,22)/t13-/m1/s1. The van der Waals surface area contributed by atoms with Gasteiger partial charge in [-0.1, -0.05) is 13.8 Å². The van der Waals surface area contributed by atoms with E-state index in [0.29, 0.717) is 25.2 Å². The molecular weight excluding hydrogens is 332 g/mol. The highest BCUT2D eigenvalue weighted by Crippen LogP contribution is 2.20. The largest absolute Gasteiger partial charge is 0.354 e. The number of aromatic amines is 1. The average molecular weight is 364 g/mol. The first kappa shape index (κ1) is 20.2. The van der Waals surface area contributed by atoms with Gasteiger partial charge in [-0.15, -0.1) is 0 Å². The molecule has 0 bridgehead atoms. The molecule has 2 rings (SSSR count). The number of hydrogen-bond acceptors (Lipinski definition) is 4. The highest BCUT2D eigenvalue weighted by molar-refractivity contribution is 5.94. The second-order valence-electron chi connectivity index (χ2n) is 6.80. The maximum atomic E-state index is 12.6. The fraction of sp³-hybridized carbons (Fsp3) is 0.722. The summed E-state index contributed by atoms with van der Waals surface area (Å²) in [4.78, 5) is 28.6. The Hall–Kier alpha value is -2.09. The second-order valence-corrected chi connectivity index (χ2v) is 6.80. The quantitative estimate of drug-likeness (QED) is 0.649. The zero-order valence-corrected chi connectivity index (χ0v) is 16.4. The Morgan fingerprint density at radius 2 is 2.08 bits per heavy atom. The number of amides is 3. The van der Waals surface area contributed by atoms with Crippen LogP contribution in [0.15, 0.2) is 0 Å². The molecule has 1 atom stereocenters. The first-order valence-corrected chi connectivity index (χ1v) is 9.56. The van der Waals surface area contributed by atoms with Gasteiger partial charge < -0.3 is 20.4 Å². The number of hydrogen-bond donors (Lipinski definition) is 3. The average Bonchev–Trinajstić information content (AvgIpc) is 3.07. The molecular formula is C18H32N6O2. The van der Waals surface area contributed by atoms with Crippen LogP contribution in [0, 0.1) is 0 Å². The lowest BCUT2D eigenvalue weighted by atomic mass is 10.1. The minimum atomic E-state index is -0.227. The normalized spacial score (nSPS) is 14.9. The number of H-pyrrole nitrogens is 1. The molecule has 146 valence electrons. The van der Waals surface area contributed by atoms with Gasteiger partial charge >= 0.3 is 6.03 Å². The van der Waals surface area contributed by atoms with Gasteiger partial charge in [0.25, 0.3) is 5.91 Å². The lowest BCUT2D eigenvalue weighted by Crippen LogP contribution is -2.46. The van der Waals surface area contributed by atoms with Crippen molar-refractivity contribution in [3.05, 3.63) is 17.0 Å². The third-order valence-electron chi connectivity index (χ3n) is 5.04. The second kappa shape index (κ2) is 9.56. The molecule has 0 aliphatic carbocycles. The molecule has 8 nitrogen and oxygen atoms in total. The molecule has 0 saturated carbocycles. The van der Waals surface area contributed by atoms with Crippen LogP contribution in [0.5, 0.6) is 0 Å². The van der Waals surface area contributed by atoms with E-state index in [4.69, 9.17) is 0 Å². The maximum Gasteiger partial charge on any atom is 0.317 e. The Kier molecular flexibility index (Phi) is 7.44. The molecule has 1 aromatic heterocycles. The summed E-state index contributed by atoms with van der Waals surface area (Å²) in [6.45, 7) is 10.6. The predicted molar refractivity (Wildman–Crippen MR) is 101 cm³/mol. The van der Waals surface area contributed by atoms with Crippen molar-refractivity contribution in [3.63, 3.8) is 0 Å². The first-order chi connectivity index (χ1) is 12.5. The van der Waals surface area contributed by atoms with Crippen molar-refractivity contribution in [2.75, 3.05) is 33.2 Å². The van der Waals surface area contributed by atoms with Crippen LogP contribution in [0.4, 0.5) is 4.79 Å². The molecule has 0 radical (unpaired) electrons. The van der Waals surface area contributed by atoms with Gasteiger partial charge in [0, 0.05) is 37.3 Å². The number of carbonyl (C=O) groups excluding carboxylic acids is 2. The van der Waals surface area contributed by atoms with Crippen LogP contribution >= 0.6 is 0 Å². The Bertz CT molecular complexity index is 611. The molecule has 2 heterocycles. The number of nitrogens with zero attached hydrogens (tertiary/aromatic N) is 3. The highest BCUT2D eigenvalue weighted by atomic mass is 16.2. The van der Waals surface area contributed by atoms with Crippen molar-refractivity contribution in [1.82, 2.24) is 30.6 Å². The van der Waals surface area contributed by atoms with Gasteiger partial charge in [0.05, 0.1) is 6.54 Å². The van der Waals surface area contributed by atoms with Gasteiger partial charge in [0.15, 0.2) is 5.69 Å². The van der Waals surface area contributed by atoms with Crippen LogP contribution in [-0.2, 0) is 13.0 Å². The summed E-state index contributed by atoms with van der Waals surface area (Å²) in [5.74, 6) is -0.227. The Balaban J connectivity index is 1.85. The van der Waals surface area contributed by atoms with Gasteiger partial charge in [0.1, 0.15) is 0 Å². The molecule has 0 aromatic carbocycles. The van der Waals surface area contributed by atoms with Crippen molar-refractivity contribution in [3.8, 4) is 0 Å². The monoisotopic (exact) mass is 364 g/mol. The fourth-order valence-electron chi connectivity index (χ4n) is 3.31. The Morgan fingerprint density at radius 1 is 1.35 bits per heavy atom. The van der Waals surface area contributed by atoms with Gasteiger partial charge in [-0.05, 0) is 39.4 Å². The van der Waals surface area contributed by atoms with E-state index in [0.717, 1.165) is 43.7 Å².